The van der Waals surface area contributed by atoms with Gasteiger partial charge < -0.3 is 5.32 Å². The largest absolute Gasteiger partial charge is 0.321 e. The van der Waals surface area contributed by atoms with Gasteiger partial charge >= 0.3 is 0 Å². The third-order valence-electron chi connectivity index (χ3n) is 3.73. The van der Waals surface area contributed by atoms with E-state index in [0.29, 0.717) is 11.4 Å². The van der Waals surface area contributed by atoms with Gasteiger partial charge in [0.1, 0.15) is 5.56 Å². The van der Waals surface area contributed by atoms with E-state index in [4.69, 9.17) is 0 Å². The van der Waals surface area contributed by atoms with Crippen LogP contribution < -0.4 is 5.32 Å². The number of rotatable bonds is 5. The second-order valence-electron chi connectivity index (χ2n) is 5.37. The number of carbonyl (C=O) groups is 1. The molecule has 5 heteroatoms. The molecule has 0 bridgehead atoms. The molecule has 1 N–H and O–H groups in total. The van der Waals surface area contributed by atoms with Crippen molar-refractivity contribution in [2.75, 3.05) is 5.32 Å². The quantitative estimate of drug-likeness (QED) is 0.893. The molecule has 0 radical (unpaired) electrons. The molecule has 1 heterocycles. The molecule has 0 unspecified atom stereocenters. The highest BCUT2D eigenvalue weighted by Crippen LogP contribution is 2.27. The summed E-state index contributed by atoms with van der Waals surface area (Å²) in [6.07, 6.45) is 3.92. The molecule has 0 aliphatic heterocycles. The van der Waals surface area contributed by atoms with Gasteiger partial charge in [0.25, 0.3) is 5.91 Å². The number of benzene rings is 1. The number of para-hydroxylation sites is 1. The van der Waals surface area contributed by atoms with Crippen LogP contribution in [-0.2, 0) is 7.05 Å². The minimum absolute atomic E-state index is 0.0141. The van der Waals surface area contributed by atoms with Crippen molar-refractivity contribution in [1.29, 1.82) is 0 Å². The van der Waals surface area contributed by atoms with E-state index in [1.54, 1.807) is 6.92 Å². The fourth-order valence-corrected chi connectivity index (χ4v) is 2.64. The summed E-state index contributed by atoms with van der Waals surface area (Å²) in [6.45, 7) is 5.77. The van der Waals surface area contributed by atoms with E-state index < -0.39 is 11.9 Å². The number of aryl methyl sites for hydroxylation is 2. The Kier molecular flexibility index (Phi) is 5.32. The second-order valence-corrected chi connectivity index (χ2v) is 5.37. The number of aromatic nitrogens is 2. The SMILES string of the molecule is CCC=C(CC)c1ccccc1NC(=O)c1c(C)nn(C)c1F. The summed E-state index contributed by atoms with van der Waals surface area (Å²) in [5.41, 5.74) is 3.17. The first kappa shape index (κ1) is 16.9. The molecule has 0 saturated carbocycles. The van der Waals surface area contributed by atoms with Gasteiger partial charge in [0.2, 0.25) is 5.95 Å². The van der Waals surface area contributed by atoms with Crippen molar-refractivity contribution in [3.05, 3.63) is 53.1 Å². The van der Waals surface area contributed by atoms with Crippen molar-refractivity contribution < 1.29 is 9.18 Å². The van der Waals surface area contributed by atoms with Crippen LogP contribution >= 0.6 is 0 Å². The number of hydrogen-bond donors (Lipinski definition) is 1. The normalized spacial score (nSPS) is 11.6. The van der Waals surface area contributed by atoms with E-state index in [9.17, 15) is 9.18 Å². The number of amides is 1. The number of nitrogens with one attached hydrogen (secondary N) is 1. The Bertz CT molecular complexity index is 747. The Balaban J connectivity index is 2.37. The average molecular weight is 315 g/mol. The summed E-state index contributed by atoms with van der Waals surface area (Å²) in [5.74, 6) is -1.11. The summed E-state index contributed by atoms with van der Waals surface area (Å²) in [6, 6.07) is 7.58. The molecule has 4 nitrogen and oxygen atoms in total. The van der Waals surface area contributed by atoms with Crippen LogP contribution in [0.2, 0.25) is 0 Å². The van der Waals surface area contributed by atoms with Crippen LogP contribution in [0, 0.1) is 12.9 Å². The summed E-state index contributed by atoms with van der Waals surface area (Å²) in [7, 11) is 1.48. The van der Waals surface area contributed by atoms with Crippen molar-refractivity contribution >= 4 is 17.2 Å². The van der Waals surface area contributed by atoms with Crippen LogP contribution in [-0.4, -0.2) is 15.7 Å². The maximum absolute atomic E-state index is 14.0. The molecular weight excluding hydrogens is 293 g/mol. The topological polar surface area (TPSA) is 46.9 Å². The molecule has 0 saturated heterocycles. The lowest BCUT2D eigenvalue weighted by Crippen LogP contribution is -2.15. The third-order valence-corrected chi connectivity index (χ3v) is 3.73. The van der Waals surface area contributed by atoms with Gasteiger partial charge in [-0.2, -0.15) is 9.49 Å². The number of anilines is 1. The first-order valence-corrected chi connectivity index (χ1v) is 7.78. The maximum Gasteiger partial charge on any atom is 0.262 e. The monoisotopic (exact) mass is 315 g/mol. The van der Waals surface area contributed by atoms with Gasteiger partial charge in [-0.25, -0.2) is 4.68 Å². The Hall–Kier alpha value is -2.43. The van der Waals surface area contributed by atoms with Gasteiger partial charge in [-0.15, -0.1) is 0 Å². The second kappa shape index (κ2) is 7.22. The number of carbonyl (C=O) groups excluding carboxylic acids is 1. The Labute approximate surface area is 136 Å². The zero-order chi connectivity index (χ0) is 17.0. The van der Waals surface area contributed by atoms with Crippen LogP contribution in [0.25, 0.3) is 5.57 Å². The molecule has 0 aliphatic rings. The number of halogens is 1. The van der Waals surface area contributed by atoms with E-state index in [0.717, 1.165) is 28.7 Å². The molecule has 2 rings (SSSR count). The minimum atomic E-state index is -0.628. The Morgan fingerprint density at radius 2 is 2.04 bits per heavy atom. The zero-order valence-corrected chi connectivity index (χ0v) is 14.0. The van der Waals surface area contributed by atoms with Gasteiger partial charge in [0.15, 0.2) is 0 Å². The summed E-state index contributed by atoms with van der Waals surface area (Å²) < 4.78 is 15.1. The van der Waals surface area contributed by atoms with Crippen LogP contribution in [0.3, 0.4) is 0 Å². The van der Waals surface area contributed by atoms with Crippen molar-refractivity contribution in [3.63, 3.8) is 0 Å². The summed E-state index contributed by atoms with van der Waals surface area (Å²) in [5, 5.41) is 6.77. The molecule has 1 aromatic carbocycles. The molecule has 0 aliphatic carbocycles. The smallest absolute Gasteiger partial charge is 0.262 e. The van der Waals surface area contributed by atoms with Crippen LogP contribution in [0.5, 0.6) is 0 Å². The third kappa shape index (κ3) is 3.50. The Morgan fingerprint density at radius 1 is 1.35 bits per heavy atom. The van der Waals surface area contributed by atoms with E-state index in [2.05, 4.69) is 30.3 Å². The van der Waals surface area contributed by atoms with Crippen molar-refractivity contribution in [2.45, 2.75) is 33.6 Å². The van der Waals surface area contributed by atoms with Crippen molar-refractivity contribution in [1.82, 2.24) is 9.78 Å². The zero-order valence-electron chi connectivity index (χ0n) is 14.0. The molecule has 23 heavy (non-hydrogen) atoms. The van der Waals surface area contributed by atoms with Gasteiger partial charge in [-0.1, -0.05) is 38.1 Å². The van der Waals surface area contributed by atoms with Crippen LogP contribution in [0.1, 0.15) is 48.3 Å². The minimum Gasteiger partial charge on any atom is -0.321 e. The van der Waals surface area contributed by atoms with Crippen molar-refractivity contribution in [2.24, 2.45) is 7.05 Å². The van der Waals surface area contributed by atoms with Crippen LogP contribution in [0.4, 0.5) is 10.1 Å². The van der Waals surface area contributed by atoms with Gasteiger partial charge in [0.05, 0.1) is 5.69 Å². The lowest BCUT2D eigenvalue weighted by atomic mass is 10.00. The summed E-state index contributed by atoms with van der Waals surface area (Å²) >= 11 is 0. The highest BCUT2D eigenvalue weighted by molar-refractivity contribution is 6.06. The molecule has 2 aromatic rings. The lowest BCUT2D eigenvalue weighted by Gasteiger charge is -2.13. The Morgan fingerprint density at radius 3 is 2.61 bits per heavy atom. The van der Waals surface area contributed by atoms with E-state index >= 15 is 0 Å². The lowest BCUT2D eigenvalue weighted by molar-refractivity contribution is 0.102. The molecule has 1 amide bonds. The van der Waals surface area contributed by atoms with E-state index in [-0.39, 0.29) is 5.56 Å². The number of hydrogen-bond acceptors (Lipinski definition) is 2. The average Bonchev–Trinajstić information content (AvgIpc) is 2.78. The molecule has 122 valence electrons. The molecule has 0 spiro atoms. The number of nitrogens with zero attached hydrogens (tertiary/aromatic N) is 2. The maximum atomic E-state index is 14.0. The van der Waals surface area contributed by atoms with Crippen molar-refractivity contribution in [3.8, 4) is 0 Å². The fraction of sp³-hybridized carbons (Fsp3) is 0.333. The molecule has 0 fully saturated rings. The molecule has 1 aromatic heterocycles. The van der Waals surface area contributed by atoms with Gasteiger partial charge in [0, 0.05) is 18.3 Å². The highest BCUT2D eigenvalue weighted by Gasteiger charge is 2.21. The van der Waals surface area contributed by atoms with Crippen LogP contribution in [0.15, 0.2) is 30.3 Å². The van der Waals surface area contributed by atoms with Gasteiger partial charge in [-0.05, 0) is 31.4 Å². The first-order chi connectivity index (χ1) is 11.0. The molecule has 0 atom stereocenters. The van der Waals surface area contributed by atoms with E-state index in [1.165, 1.54) is 7.05 Å². The standard InChI is InChI=1S/C18H22FN3O/c1-5-9-13(6-2)14-10-7-8-11-15(14)20-18(23)16-12(3)21-22(4)17(16)19/h7-11H,5-6H2,1-4H3,(H,20,23). The highest BCUT2D eigenvalue weighted by atomic mass is 19.1. The molecular formula is C18H22FN3O. The predicted octanol–water partition coefficient (Wildman–Crippen LogP) is 4.32. The van der Waals surface area contributed by atoms with Gasteiger partial charge in [-0.3, -0.25) is 4.79 Å². The summed E-state index contributed by atoms with van der Waals surface area (Å²) in [4.78, 5) is 12.5. The first-order valence-electron chi connectivity index (χ1n) is 7.78. The fourth-order valence-electron chi connectivity index (χ4n) is 2.64. The predicted molar refractivity (Wildman–Crippen MR) is 90.9 cm³/mol. The van der Waals surface area contributed by atoms with E-state index in [1.807, 2.05) is 24.3 Å². The number of allylic oxidation sites excluding steroid dienone is 2.